The highest BCUT2D eigenvalue weighted by atomic mass is 16.3. The first-order valence-corrected chi connectivity index (χ1v) is 5.27. The Bertz CT molecular complexity index is 315. The Kier molecular flexibility index (Phi) is 2.31. The average molecular weight is 195 g/mol. The highest BCUT2D eigenvalue weighted by Crippen LogP contribution is 2.44. The summed E-state index contributed by atoms with van der Waals surface area (Å²) < 4.78 is 1.83. The van der Waals surface area contributed by atoms with Crippen LogP contribution in [-0.2, 0) is 12.1 Å². The van der Waals surface area contributed by atoms with Gasteiger partial charge in [-0.15, -0.1) is 5.10 Å². The fourth-order valence-electron chi connectivity index (χ4n) is 2.30. The molecule has 1 aliphatic rings. The van der Waals surface area contributed by atoms with Crippen LogP contribution in [-0.4, -0.2) is 20.1 Å². The lowest BCUT2D eigenvalue weighted by Gasteiger charge is -2.41. The van der Waals surface area contributed by atoms with Crippen molar-refractivity contribution in [3.8, 4) is 0 Å². The fraction of sp³-hybridized carbons (Fsp3) is 0.800. The Hall–Kier alpha value is -0.900. The molecule has 0 atom stereocenters. The zero-order valence-corrected chi connectivity index (χ0v) is 8.77. The number of nitrogens with zero attached hydrogens (tertiary/aromatic N) is 3. The van der Waals surface area contributed by atoms with Crippen molar-refractivity contribution in [1.29, 1.82) is 0 Å². The molecular formula is C10H17N3O. The van der Waals surface area contributed by atoms with E-state index in [0.717, 1.165) is 31.5 Å². The summed E-state index contributed by atoms with van der Waals surface area (Å²) in [5, 5.41) is 18.1. The normalized spacial score (nSPS) is 31.5. The molecule has 1 aromatic rings. The van der Waals surface area contributed by atoms with Crippen molar-refractivity contribution < 1.29 is 5.11 Å². The van der Waals surface area contributed by atoms with E-state index in [1.54, 1.807) is 6.20 Å². The van der Waals surface area contributed by atoms with Crippen LogP contribution in [0.4, 0.5) is 0 Å². The second-order valence-corrected chi connectivity index (χ2v) is 4.39. The molecular weight excluding hydrogens is 178 g/mol. The summed E-state index contributed by atoms with van der Waals surface area (Å²) in [6, 6.07) is 0. The second-order valence-electron chi connectivity index (χ2n) is 4.39. The first kappa shape index (κ1) is 9.65. The number of aliphatic hydroxyl groups is 1. The third kappa shape index (κ3) is 1.43. The van der Waals surface area contributed by atoms with E-state index in [2.05, 4.69) is 24.2 Å². The van der Waals surface area contributed by atoms with Crippen molar-refractivity contribution in [3.63, 3.8) is 0 Å². The highest BCUT2D eigenvalue weighted by molar-refractivity contribution is 5.13. The Morgan fingerprint density at radius 1 is 1.64 bits per heavy atom. The van der Waals surface area contributed by atoms with Gasteiger partial charge in [-0.1, -0.05) is 19.1 Å². The van der Waals surface area contributed by atoms with Crippen LogP contribution in [0.3, 0.4) is 0 Å². The van der Waals surface area contributed by atoms with Crippen molar-refractivity contribution in [2.75, 3.05) is 0 Å². The summed E-state index contributed by atoms with van der Waals surface area (Å²) in [6.45, 7) is 5.09. The monoisotopic (exact) mass is 195 g/mol. The molecule has 14 heavy (non-hydrogen) atoms. The number of aromatic nitrogens is 3. The van der Waals surface area contributed by atoms with E-state index in [1.807, 2.05) is 4.68 Å². The van der Waals surface area contributed by atoms with E-state index in [1.165, 1.54) is 0 Å². The van der Waals surface area contributed by atoms with Crippen LogP contribution in [0, 0.1) is 5.92 Å². The molecule has 1 fully saturated rings. The van der Waals surface area contributed by atoms with Gasteiger partial charge in [0.1, 0.15) is 5.60 Å². The lowest BCUT2D eigenvalue weighted by Crippen LogP contribution is -2.41. The van der Waals surface area contributed by atoms with E-state index < -0.39 is 5.60 Å². The minimum atomic E-state index is -0.655. The van der Waals surface area contributed by atoms with Gasteiger partial charge in [-0.2, -0.15) is 0 Å². The van der Waals surface area contributed by atoms with Gasteiger partial charge in [0.25, 0.3) is 0 Å². The molecule has 78 valence electrons. The number of hydrogen-bond acceptors (Lipinski definition) is 3. The van der Waals surface area contributed by atoms with E-state index in [0.29, 0.717) is 5.92 Å². The van der Waals surface area contributed by atoms with E-state index in [4.69, 9.17) is 0 Å². The quantitative estimate of drug-likeness (QED) is 0.791. The molecule has 1 heterocycles. The number of hydrogen-bond donors (Lipinski definition) is 1. The Morgan fingerprint density at radius 2 is 2.36 bits per heavy atom. The third-order valence-electron chi connectivity index (χ3n) is 2.90. The fourth-order valence-corrected chi connectivity index (χ4v) is 2.30. The van der Waals surface area contributed by atoms with Crippen molar-refractivity contribution in [2.24, 2.45) is 5.92 Å². The van der Waals surface area contributed by atoms with Gasteiger partial charge in [-0.3, -0.25) is 0 Å². The van der Waals surface area contributed by atoms with E-state index in [-0.39, 0.29) is 0 Å². The van der Waals surface area contributed by atoms with Crippen molar-refractivity contribution in [2.45, 2.75) is 45.3 Å². The molecule has 0 amide bonds. The lowest BCUT2D eigenvalue weighted by atomic mass is 9.70. The molecule has 1 aromatic heterocycles. The Morgan fingerprint density at radius 3 is 2.93 bits per heavy atom. The summed E-state index contributed by atoms with van der Waals surface area (Å²) >= 11 is 0. The maximum atomic E-state index is 10.2. The molecule has 0 aromatic carbocycles. The van der Waals surface area contributed by atoms with Crippen LogP contribution in [0.5, 0.6) is 0 Å². The molecule has 1 aliphatic carbocycles. The summed E-state index contributed by atoms with van der Waals surface area (Å²) in [5.41, 5.74) is 0.232. The predicted octanol–water partition coefficient (Wildman–Crippen LogP) is 1.31. The van der Waals surface area contributed by atoms with Crippen LogP contribution < -0.4 is 0 Å². The number of rotatable bonds is 3. The summed E-state index contributed by atoms with van der Waals surface area (Å²) in [6.07, 6.45) is 4.39. The van der Waals surface area contributed by atoms with Crippen molar-refractivity contribution >= 4 is 0 Å². The molecule has 0 radical (unpaired) electrons. The van der Waals surface area contributed by atoms with Gasteiger partial charge in [0.05, 0.1) is 11.9 Å². The van der Waals surface area contributed by atoms with Crippen LogP contribution >= 0.6 is 0 Å². The van der Waals surface area contributed by atoms with Gasteiger partial charge in [0.15, 0.2) is 0 Å². The van der Waals surface area contributed by atoms with Gasteiger partial charge >= 0.3 is 0 Å². The average Bonchev–Trinajstić information content (AvgIpc) is 2.51. The minimum absolute atomic E-state index is 0.616. The smallest absolute Gasteiger partial charge is 0.108 e. The van der Waals surface area contributed by atoms with Gasteiger partial charge in [0.2, 0.25) is 0 Å². The lowest BCUT2D eigenvalue weighted by molar-refractivity contribution is -0.0805. The molecule has 0 unspecified atom stereocenters. The zero-order valence-electron chi connectivity index (χ0n) is 8.77. The van der Waals surface area contributed by atoms with Gasteiger partial charge in [-0.25, -0.2) is 4.68 Å². The standard InChI is InChI=1S/C10H17N3O/c1-3-4-13-9(7-11-12-13)10(14)5-8(2)6-10/h7-8,14H,3-6H2,1-2H3. The summed E-state index contributed by atoms with van der Waals surface area (Å²) in [5.74, 6) is 0.616. The van der Waals surface area contributed by atoms with Gasteiger partial charge in [-0.05, 0) is 25.2 Å². The maximum absolute atomic E-state index is 10.2. The van der Waals surface area contributed by atoms with Crippen molar-refractivity contribution in [1.82, 2.24) is 15.0 Å². The topological polar surface area (TPSA) is 50.9 Å². The summed E-state index contributed by atoms with van der Waals surface area (Å²) in [4.78, 5) is 0. The molecule has 0 saturated heterocycles. The van der Waals surface area contributed by atoms with Crippen LogP contribution in [0.25, 0.3) is 0 Å². The van der Waals surface area contributed by atoms with E-state index in [9.17, 15) is 5.11 Å². The largest absolute Gasteiger partial charge is 0.383 e. The third-order valence-corrected chi connectivity index (χ3v) is 2.90. The van der Waals surface area contributed by atoms with Crippen LogP contribution in [0.15, 0.2) is 6.20 Å². The first-order valence-electron chi connectivity index (χ1n) is 5.27. The molecule has 1 N–H and O–H groups in total. The molecule has 2 rings (SSSR count). The molecule has 1 saturated carbocycles. The SMILES string of the molecule is CCCn1nncc1C1(O)CC(C)C1. The molecule has 0 bridgehead atoms. The van der Waals surface area contributed by atoms with Crippen LogP contribution in [0.1, 0.15) is 38.8 Å². The predicted molar refractivity (Wildman–Crippen MR) is 52.6 cm³/mol. The van der Waals surface area contributed by atoms with Gasteiger partial charge < -0.3 is 5.11 Å². The second kappa shape index (κ2) is 3.35. The Balaban J connectivity index is 2.19. The van der Waals surface area contributed by atoms with Crippen molar-refractivity contribution in [3.05, 3.63) is 11.9 Å². The molecule has 0 aliphatic heterocycles. The van der Waals surface area contributed by atoms with Crippen LogP contribution in [0.2, 0.25) is 0 Å². The molecule has 4 nitrogen and oxygen atoms in total. The maximum Gasteiger partial charge on any atom is 0.108 e. The summed E-state index contributed by atoms with van der Waals surface area (Å²) in [7, 11) is 0. The molecule has 4 heteroatoms. The number of aryl methyl sites for hydroxylation is 1. The van der Waals surface area contributed by atoms with Gasteiger partial charge in [0, 0.05) is 6.54 Å². The first-order chi connectivity index (χ1) is 6.65. The van der Waals surface area contributed by atoms with E-state index >= 15 is 0 Å². The molecule has 0 spiro atoms. The Labute approximate surface area is 83.9 Å². The highest BCUT2D eigenvalue weighted by Gasteiger charge is 2.44. The minimum Gasteiger partial charge on any atom is -0.383 e. The zero-order chi connectivity index (χ0) is 10.2.